The zero-order valence-corrected chi connectivity index (χ0v) is 12.1. The number of carbonyl (C=O) groups is 1. The zero-order chi connectivity index (χ0) is 14.4. The van der Waals surface area contributed by atoms with Crippen LogP contribution in [0.25, 0.3) is 0 Å². The van der Waals surface area contributed by atoms with E-state index in [9.17, 15) is 4.79 Å². The molecular formula is C15H17NO3S. The third-order valence-electron chi connectivity index (χ3n) is 2.90. The predicted molar refractivity (Wildman–Crippen MR) is 79.7 cm³/mol. The van der Waals surface area contributed by atoms with Crippen LogP contribution >= 0.6 is 11.3 Å². The highest BCUT2D eigenvalue weighted by Gasteiger charge is 2.06. The molecule has 0 bridgehead atoms. The van der Waals surface area contributed by atoms with Gasteiger partial charge in [-0.2, -0.15) is 0 Å². The van der Waals surface area contributed by atoms with E-state index < -0.39 is 5.97 Å². The first-order valence-electron chi connectivity index (χ1n) is 6.34. The van der Waals surface area contributed by atoms with Gasteiger partial charge in [0.15, 0.2) is 0 Å². The maximum Gasteiger partial charge on any atom is 0.345 e. The van der Waals surface area contributed by atoms with Gasteiger partial charge >= 0.3 is 5.97 Å². The molecule has 106 valence electrons. The molecule has 0 amide bonds. The largest absolute Gasteiger partial charge is 0.497 e. The van der Waals surface area contributed by atoms with Crippen molar-refractivity contribution in [3.8, 4) is 5.75 Å². The molecule has 0 aliphatic rings. The molecule has 0 aliphatic carbocycles. The van der Waals surface area contributed by atoms with Gasteiger partial charge in [-0.1, -0.05) is 12.1 Å². The van der Waals surface area contributed by atoms with Crippen molar-refractivity contribution in [3.63, 3.8) is 0 Å². The van der Waals surface area contributed by atoms with E-state index in [1.165, 1.54) is 16.9 Å². The molecule has 0 saturated carbocycles. The van der Waals surface area contributed by atoms with E-state index in [1.54, 1.807) is 13.2 Å². The lowest BCUT2D eigenvalue weighted by Crippen LogP contribution is -2.15. The van der Waals surface area contributed by atoms with Gasteiger partial charge in [-0.05, 0) is 42.8 Å². The van der Waals surface area contributed by atoms with Crippen molar-refractivity contribution < 1.29 is 14.6 Å². The summed E-state index contributed by atoms with van der Waals surface area (Å²) >= 11 is 1.31. The Balaban J connectivity index is 1.76. The first-order chi connectivity index (χ1) is 9.69. The molecule has 0 unspecified atom stereocenters. The molecule has 0 atom stereocenters. The number of hydrogen-bond acceptors (Lipinski definition) is 4. The van der Waals surface area contributed by atoms with Crippen molar-refractivity contribution >= 4 is 17.3 Å². The molecular weight excluding hydrogens is 274 g/mol. The third-order valence-corrected chi connectivity index (χ3v) is 3.97. The number of rotatable bonds is 7. The SMILES string of the molecule is COc1cccc(CCNCc2ccc(C(=O)O)s2)c1. The quantitative estimate of drug-likeness (QED) is 0.770. The van der Waals surface area contributed by atoms with Gasteiger partial charge < -0.3 is 15.2 Å². The molecule has 1 heterocycles. The molecule has 2 rings (SSSR count). The van der Waals surface area contributed by atoms with Gasteiger partial charge in [0.1, 0.15) is 10.6 Å². The number of carboxylic acid groups (broad SMARTS) is 1. The highest BCUT2D eigenvalue weighted by molar-refractivity contribution is 7.13. The number of thiophene rings is 1. The monoisotopic (exact) mass is 291 g/mol. The summed E-state index contributed by atoms with van der Waals surface area (Å²) in [6.45, 7) is 1.54. The average molecular weight is 291 g/mol. The third kappa shape index (κ3) is 4.08. The van der Waals surface area contributed by atoms with Crippen LogP contribution in [0.5, 0.6) is 5.75 Å². The Morgan fingerprint density at radius 2 is 2.20 bits per heavy atom. The highest BCUT2D eigenvalue weighted by atomic mass is 32.1. The highest BCUT2D eigenvalue weighted by Crippen LogP contribution is 2.16. The summed E-state index contributed by atoms with van der Waals surface area (Å²) < 4.78 is 5.18. The molecule has 5 heteroatoms. The molecule has 0 saturated heterocycles. The predicted octanol–water partition coefficient (Wildman–Crippen LogP) is 2.79. The van der Waals surface area contributed by atoms with E-state index in [0.29, 0.717) is 11.4 Å². The Hall–Kier alpha value is -1.85. The number of benzene rings is 1. The molecule has 20 heavy (non-hydrogen) atoms. The van der Waals surface area contributed by atoms with Crippen LogP contribution < -0.4 is 10.1 Å². The number of ether oxygens (including phenoxy) is 1. The van der Waals surface area contributed by atoms with E-state index in [0.717, 1.165) is 23.6 Å². The van der Waals surface area contributed by atoms with E-state index in [-0.39, 0.29) is 0 Å². The maximum absolute atomic E-state index is 10.8. The Kier molecular flexibility index (Phi) is 5.15. The fraction of sp³-hybridized carbons (Fsp3) is 0.267. The molecule has 1 aromatic carbocycles. The first kappa shape index (κ1) is 14.6. The lowest BCUT2D eigenvalue weighted by Gasteiger charge is -2.05. The van der Waals surface area contributed by atoms with E-state index in [4.69, 9.17) is 9.84 Å². The number of hydrogen-bond donors (Lipinski definition) is 2. The summed E-state index contributed by atoms with van der Waals surface area (Å²) in [7, 11) is 1.66. The van der Waals surface area contributed by atoms with Crippen LogP contribution in [0.3, 0.4) is 0 Å². The van der Waals surface area contributed by atoms with Crippen LogP contribution in [0, 0.1) is 0 Å². The molecule has 2 aromatic rings. The molecule has 0 aliphatic heterocycles. The van der Waals surface area contributed by atoms with Gasteiger partial charge in [-0.3, -0.25) is 0 Å². The molecule has 0 radical (unpaired) electrons. The molecule has 0 spiro atoms. The van der Waals surface area contributed by atoms with Crippen LogP contribution in [-0.2, 0) is 13.0 Å². The fourth-order valence-electron chi connectivity index (χ4n) is 1.86. The van der Waals surface area contributed by atoms with Crippen molar-refractivity contribution in [1.82, 2.24) is 5.32 Å². The second kappa shape index (κ2) is 7.07. The van der Waals surface area contributed by atoms with E-state index in [2.05, 4.69) is 11.4 Å². The standard InChI is InChI=1S/C15H17NO3S/c1-19-12-4-2-3-11(9-12)7-8-16-10-13-5-6-14(20-13)15(17)18/h2-6,9,16H,7-8,10H2,1H3,(H,17,18). The second-order valence-electron chi connectivity index (χ2n) is 4.35. The van der Waals surface area contributed by atoms with Crippen LogP contribution in [0.1, 0.15) is 20.1 Å². The van der Waals surface area contributed by atoms with Gasteiger partial charge in [0, 0.05) is 11.4 Å². The van der Waals surface area contributed by atoms with Gasteiger partial charge in [0.2, 0.25) is 0 Å². The van der Waals surface area contributed by atoms with Crippen molar-refractivity contribution in [2.24, 2.45) is 0 Å². The lowest BCUT2D eigenvalue weighted by molar-refractivity contribution is 0.0702. The van der Waals surface area contributed by atoms with Gasteiger partial charge in [-0.25, -0.2) is 4.79 Å². The average Bonchev–Trinajstić information content (AvgIpc) is 2.93. The Morgan fingerprint density at radius 1 is 1.35 bits per heavy atom. The minimum absolute atomic E-state index is 0.384. The fourth-order valence-corrected chi connectivity index (χ4v) is 2.68. The topological polar surface area (TPSA) is 58.6 Å². The van der Waals surface area contributed by atoms with Crippen LogP contribution in [-0.4, -0.2) is 24.7 Å². The van der Waals surface area contributed by atoms with Gasteiger partial charge in [0.05, 0.1) is 7.11 Å². The van der Waals surface area contributed by atoms with Gasteiger partial charge in [-0.15, -0.1) is 11.3 Å². The smallest absolute Gasteiger partial charge is 0.345 e. The van der Waals surface area contributed by atoms with Gasteiger partial charge in [0.25, 0.3) is 0 Å². The Morgan fingerprint density at radius 3 is 2.90 bits per heavy atom. The van der Waals surface area contributed by atoms with Crippen molar-refractivity contribution in [3.05, 3.63) is 51.7 Å². The van der Waals surface area contributed by atoms with Crippen molar-refractivity contribution in [2.45, 2.75) is 13.0 Å². The Labute approximate surface area is 122 Å². The molecule has 2 N–H and O–H groups in total. The maximum atomic E-state index is 10.8. The number of nitrogens with one attached hydrogen (secondary N) is 1. The second-order valence-corrected chi connectivity index (χ2v) is 5.52. The van der Waals surface area contributed by atoms with Crippen LogP contribution in [0.4, 0.5) is 0 Å². The summed E-state index contributed by atoms with van der Waals surface area (Å²) in [5.41, 5.74) is 1.22. The van der Waals surface area contributed by atoms with Crippen molar-refractivity contribution in [1.29, 1.82) is 0 Å². The zero-order valence-electron chi connectivity index (χ0n) is 11.3. The first-order valence-corrected chi connectivity index (χ1v) is 7.16. The molecule has 1 aromatic heterocycles. The Bertz CT molecular complexity index is 580. The summed E-state index contributed by atoms with van der Waals surface area (Å²) in [6.07, 6.45) is 0.911. The number of carboxylic acids is 1. The summed E-state index contributed by atoms with van der Waals surface area (Å²) in [5.74, 6) is 0.00415. The normalized spacial score (nSPS) is 10.4. The van der Waals surface area contributed by atoms with Crippen LogP contribution in [0.2, 0.25) is 0 Å². The molecule has 4 nitrogen and oxygen atoms in total. The summed E-state index contributed by atoms with van der Waals surface area (Å²) in [4.78, 5) is 12.2. The van der Waals surface area contributed by atoms with Crippen LogP contribution in [0.15, 0.2) is 36.4 Å². The van der Waals surface area contributed by atoms with E-state index >= 15 is 0 Å². The van der Waals surface area contributed by atoms with E-state index in [1.807, 2.05) is 24.3 Å². The minimum Gasteiger partial charge on any atom is -0.497 e. The summed E-state index contributed by atoms with van der Waals surface area (Å²) in [5, 5.41) is 12.2. The molecule has 0 fully saturated rings. The number of aromatic carboxylic acids is 1. The lowest BCUT2D eigenvalue weighted by atomic mass is 10.1. The minimum atomic E-state index is -0.863. The number of methoxy groups -OCH3 is 1. The van der Waals surface area contributed by atoms with Crippen molar-refractivity contribution in [2.75, 3.05) is 13.7 Å². The summed E-state index contributed by atoms with van der Waals surface area (Å²) in [6, 6.07) is 11.5.